The van der Waals surface area contributed by atoms with Gasteiger partial charge in [-0.1, -0.05) is 0 Å². The van der Waals surface area contributed by atoms with Crippen molar-refractivity contribution in [1.82, 2.24) is 9.55 Å². The molecule has 1 aliphatic heterocycles. The standard InChI is InChI=1S/C15H27N3O16P2/c16-9-1-2-18(15(26)17-9)14-13(25)12(24)8(33-14)5-32-36(29,30)34-35(27,28)31-4-7(21)11(23)10(22)6(20)3-19/h1-2,6-8,10-14,19-25H,3-5H2,(H,27,28)(H,29,30)(H2,16,17,26)/t6-,7-,8-,10-,11-,12-,13-,14-/m1/s1. The Morgan fingerprint density at radius 1 is 1.06 bits per heavy atom. The lowest BCUT2D eigenvalue weighted by Crippen LogP contribution is -2.47. The normalized spacial score (nSPS) is 29.1. The number of nitrogen functional groups attached to an aromatic ring is 1. The van der Waals surface area contributed by atoms with Crippen molar-refractivity contribution < 1.29 is 72.8 Å². The summed E-state index contributed by atoms with van der Waals surface area (Å²) in [6, 6.07) is 1.20. The first-order chi connectivity index (χ1) is 16.6. The predicted octanol–water partition coefficient (Wildman–Crippen LogP) is -4.87. The van der Waals surface area contributed by atoms with Crippen LogP contribution in [0.25, 0.3) is 0 Å². The van der Waals surface area contributed by atoms with Crippen LogP contribution in [-0.4, -0.2) is 118 Å². The van der Waals surface area contributed by atoms with Gasteiger partial charge >= 0.3 is 21.3 Å². The van der Waals surface area contributed by atoms with E-state index in [0.717, 1.165) is 10.8 Å². The Hall–Kier alpha value is -1.38. The Balaban J connectivity index is 1.93. The van der Waals surface area contributed by atoms with Crippen LogP contribution < -0.4 is 11.4 Å². The molecule has 1 fully saturated rings. The Labute approximate surface area is 201 Å². The number of aliphatic hydroxyl groups is 7. The van der Waals surface area contributed by atoms with Crippen molar-refractivity contribution in [3.8, 4) is 0 Å². The number of hydrogen-bond acceptors (Lipinski definition) is 16. The summed E-state index contributed by atoms with van der Waals surface area (Å²) >= 11 is 0. The molecule has 2 unspecified atom stereocenters. The number of phosphoric ester groups is 2. The van der Waals surface area contributed by atoms with Crippen molar-refractivity contribution in [1.29, 1.82) is 0 Å². The van der Waals surface area contributed by atoms with Gasteiger partial charge in [0.2, 0.25) is 0 Å². The number of ether oxygens (including phenoxy) is 1. The molecule has 0 amide bonds. The average Bonchev–Trinajstić information content (AvgIpc) is 3.07. The van der Waals surface area contributed by atoms with Crippen molar-refractivity contribution in [2.75, 3.05) is 25.6 Å². The molecule has 36 heavy (non-hydrogen) atoms. The number of nitrogens with two attached hydrogens (primary N) is 1. The molecule has 0 bridgehead atoms. The Kier molecular flexibility index (Phi) is 10.7. The zero-order chi connectivity index (χ0) is 27.4. The lowest BCUT2D eigenvalue weighted by atomic mass is 10.0. The van der Waals surface area contributed by atoms with E-state index >= 15 is 0 Å². The Morgan fingerprint density at radius 3 is 2.22 bits per heavy atom. The molecule has 21 heteroatoms. The van der Waals surface area contributed by atoms with Gasteiger partial charge in [0, 0.05) is 6.20 Å². The summed E-state index contributed by atoms with van der Waals surface area (Å²) in [5.74, 6) is -0.126. The number of rotatable bonds is 13. The summed E-state index contributed by atoms with van der Waals surface area (Å²) in [5, 5.41) is 66.9. The van der Waals surface area contributed by atoms with E-state index in [-0.39, 0.29) is 5.82 Å². The highest BCUT2D eigenvalue weighted by Gasteiger charge is 2.46. The SMILES string of the molecule is Nc1ccn([C@@H]2O[C@H](COP(=O)(O)OP(=O)(O)OC[C@@H](O)[C@@H](O)[C@H](O)[C@H](O)CO)[C@@H](O)[C@H]2O)c(=O)n1. The van der Waals surface area contributed by atoms with Crippen molar-refractivity contribution in [3.05, 3.63) is 22.7 Å². The second kappa shape index (κ2) is 12.4. The van der Waals surface area contributed by atoms with E-state index in [0.29, 0.717) is 0 Å². The molecule has 19 nitrogen and oxygen atoms in total. The molecule has 208 valence electrons. The fourth-order valence-electron chi connectivity index (χ4n) is 2.89. The highest BCUT2D eigenvalue weighted by molar-refractivity contribution is 7.61. The minimum Gasteiger partial charge on any atom is -0.394 e. The number of nitrogens with zero attached hydrogens (tertiary/aromatic N) is 2. The number of anilines is 1. The third-order valence-corrected chi connectivity index (χ3v) is 7.41. The molecule has 2 rings (SSSR count). The second-order valence-corrected chi connectivity index (χ2v) is 10.5. The van der Waals surface area contributed by atoms with E-state index in [9.17, 15) is 54.4 Å². The third-order valence-electron chi connectivity index (χ3n) is 4.81. The van der Waals surface area contributed by atoms with Crippen molar-refractivity contribution in [2.24, 2.45) is 0 Å². The lowest BCUT2D eigenvalue weighted by molar-refractivity contribution is -0.122. The maximum Gasteiger partial charge on any atom is 0.481 e. The number of aromatic nitrogens is 2. The van der Waals surface area contributed by atoms with Crippen LogP contribution in [0.1, 0.15) is 6.23 Å². The van der Waals surface area contributed by atoms with Crippen LogP contribution in [0.4, 0.5) is 5.82 Å². The maximum atomic E-state index is 12.0. The summed E-state index contributed by atoms with van der Waals surface area (Å²) in [4.78, 5) is 34.6. The van der Waals surface area contributed by atoms with Gasteiger partial charge in [0.25, 0.3) is 0 Å². The maximum absolute atomic E-state index is 12.0. The molecule has 10 atom stereocenters. The van der Waals surface area contributed by atoms with Gasteiger partial charge < -0.3 is 56.0 Å². The van der Waals surface area contributed by atoms with E-state index in [1.807, 2.05) is 0 Å². The molecule has 1 saturated heterocycles. The molecule has 1 aromatic heterocycles. The number of aliphatic hydroxyl groups excluding tert-OH is 7. The van der Waals surface area contributed by atoms with Crippen LogP contribution in [0.2, 0.25) is 0 Å². The molecule has 0 spiro atoms. The van der Waals surface area contributed by atoms with Gasteiger partial charge in [-0.3, -0.25) is 13.6 Å². The highest BCUT2D eigenvalue weighted by atomic mass is 31.3. The summed E-state index contributed by atoms with van der Waals surface area (Å²) < 4.78 is 42.7. The van der Waals surface area contributed by atoms with Gasteiger partial charge in [-0.2, -0.15) is 9.29 Å². The molecule has 0 saturated carbocycles. The minimum atomic E-state index is -5.45. The zero-order valence-electron chi connectivity index (χ0n) is 18.1. The molecular weight excluding hydrogens is 540 g/mol. The highest BCUT2D eigenvalue weighted by Crippen LogP contribution is 2.60. The summed E-state index contributed by atoms with van der Waals surface area (Å²) in [6.45, 7) is -3.22. The summed E-state index contributed by atoms with van der Waals surface area (Å²) in [6.07, 6.45) is -13.6. The monoisotopic (exact) mass is 567 g/mol. The molecule has 0 aromatic carbocycles. The van der Waals surface area contributed by atoms with E-state index < -0.39 is 90.1 Å². The van der Waals surface area contributed by atoms with Gasteiger partial charge in [0.1, 0.15) is 48.5 Å². The van der Waals surface area contributed by atoms with Crippen molar-refractivity contribution in [3.63, 3.8) is 0 Å². The van der Waals surface area contributed by atoms with Crippen LogP contribution in [0.3, 0.4) is 0 Å². The average molecular weight is 567 g/mol. The number of hydrogen-bond donors (Lipinski definition) is 10. The van der Waals surface area contributed by atoms with Gasteiger partial charge in [-0.05, 0) is 6.07 Å². The smallest absolute Gasteiger partial charge is 0.394 e. The van der Waals surface area contributed by atoms with E-state index in [4.69, 9.17) is 15.6 Å². The van der Waals surface area contributed by atoms with Gasteiger partial charge in [0.15, 0.2) is 6.23 Å². The molecule has 1 aromatic rings. The minimum absolute atomic E-state index is 0.126. The van der Waals surface area contributed by atoms with E-state index in [1.54, 1.807) is 0 Å². The second-order valence-electron chi connectivity index (χ2n) is 7.50. The van der Waals surface area contributed by atoms with E-state index in [1.165, 1.54) is 6.07 Å². The largest absolute Gasteiger partial charge is 0.481 e. The fourth-order valence-corrected chi connectivity index (χ4v) is 4.99. The van der Waals surface area contributed by atoms with Crippen molar-refractivity contribution >= 4 is 21.5 Å². The lowest BCUT2D eigenvalue weighted by Gasteiger charge is -2.26. The molecule has 1 aliphatic rings. The molecule has 2 heterocycles. The molecule has 11 N–H and O–H groups in total. The molecule has 0 radical (unpaired) electrons. The topological polar surface area (TPSA) is 314 Å². The van der Waals surface area contributed by atoms with Gasteiger partial charge in [0.05, 0.1) is 19.8 Å². The summed E-state index contributed by atoms with van der Waals surface area (Å²) in [7, 11) is -10.9. The fraction of sp³-hybridized carbons (Fsp3) is 0.733. The van der Waals surface area contributed by atoms with E-state index in [2.05, 4.69) is 18.3 Å². The zero-order valence-corrected chi connectivity index (χ0v) is 19.9. The molecule has 0 aliphatic carbocycles. The first-order valence-corrected chi connectivity index (χ1v) is 12.9. The Morgan fingerprint density at radius 2 is 1.64 bits per heavy atom. The van der Waals surface area contributed by atoms with Crippen LogP contribution in [-0.2, 0) is 27.2 Å². The predicted molar refractivity (Wildman–Crippen MR) is 113 cm³/mol. The first-order valence-electron chi connectivity index (χ1n) is 9.94. The van der Waals surface area contributed by atoms with Crippen LogP contribution >= 0.6 is 15.6 Å². The first kappa shape index (κ1) is 30.8. The van der Waals surface area contributed by atoms with Gasteiger partial charge in [-0.15, -0.1) is 0 Å². The Bertz CT molecular complexity index is 1030. The molecular formula is C15H27N3O16P2. The third kappa shape index (κ3) is 8.06. The number of phosphoric acid groups is 2. The quantitative estimate of drug-likeness (QED) is 0.0999. The van der Waals surface area contributed by atoms with Crippen molar-refractivity contribution in [2.45, 2.75) is 49.0 Å². The van der Waals surface area contributed by atoms with Gasteiger partial charge in [-0.25, -0.2) is 13.9 Å². The summed E-state index contributed by atoms with van der Waals surface area (Å²) in [5.41, 5.74) is 4.43. The van der Waals surface area contributed by atoms with Crippen LogP contribution in [0.5, 0.6) is 0 Å². The van der Waals surface area contributed by atoms with Crippen LogP contribution in [0.15, 0.2) is 17.1 Å². The van der Waals surface area contributed by atoms with Crippen LogP contribution in [0, 0.1) is 0 Å².